The first-order valence-corrected chi connectivity index (χ1v) is 6.30. The molecule has 2 atom stereocenters. The summed E-state index contributed by atoms with van der Waals surface area (Å²) in [6.07, 6.45) is 1.51. The molecule has 2 fully saturated rings. The lowest BCUT2D eigenvalue weighted by molar-refractivity contribution is -0.146. The molecule has 2 unspecified atom stereocenters. The average molecular weight is 272 g/mol. The number of fused-ring (bicyclic) bond motifs is 2. The van der Waals surface area contributed by atoms with E-state index < -0.39 is 12.2 Å². The smallest absolute Gasteiger partial charge is 0.264 e. The number of carbonyl (C=O) groups is 2. The van der Waals surface area contributed by atoms with E-state index in [4.69, 9.17) is 9.84 Å². The van der Waals surface area contributed by atoms with Crippen molar-refractivity contribution in [3.63, 3.8) is 0 Å². The van der Waals surface area contributed by atoms with Crippen LogP contribution in [0.1, 0.15) is 18.4 Å². The topological polar surface area (TPSA) is 79.7 Å². The highest BCUT2D eigenvalue weighted by molar-refractivity contribution is 6.19. The lowest BCUT2D eigenvalue weighted by Crippen LogP contribution is -2.52. The summed E-state index contributed by atoms with van der Waals surface area (Å²) in [4.78, 5) is 29.5. The first kappa shape index (κ1) is 12.8. The number of carbonyl (C=O) groups excluding carboxylic acids is 2. The highest BCUT2D eigenvalue weighted by Gasteiger charge is 2.47. The third-order valence-corrected chi connectivity index (χ3v) is 3.30. The van der Waals surface area contributed by atoms with Crippen LogP contribution in [-0.4, -0.2) is 40.7 Å². The third-order valence-electron chi connectivity index (χ3n) is 3.30. The van der Waals surface area contributed by atoms with Crippen LogP contribution in [0.3, 0.4) is 0 Å². The molecule has 20 heavy (non-hydrogen) atoms. The van der Waals surface area contributed by atoms with Gasteiger partial charge in [0.15, 0.2) is 0 Å². The van der Waals surface area contributed by atoms with Crippen molar-refractivity contribution < 1.29 is 19.4 Å². The Labute approximate surface area is 115 Å². The van der Waals surface area contributed by atoms with Crippen LogP contribution in [0.4, 0.5) is 5.82 Å². The lowest BCUT2D eigenvalue weighted by atomic mass is 10.2. The summed E-state index contributed by atoms with van der Waals surface area (Å²) < 4.78 is 5.34. The SMILES string of the molecule is O=C1C2CCC(O2)C(=O)N1c1cc(C#CCO)ccn1. The maximum atomic E-state index is 12.2. The van der Waals surface area contributed by atoms with Gasteiger partial charge in [-0.1, -0.05) is 11.8 Å². The minimum atomic E-state index is -0.549. The molecule has 3 heterocycles. The van der Waals surface area contributed by atoms with Crippen LogP contribution in [0.25, 0.3) is 0 Å². The van der Waals surface area contributed by atoms with Gasteiger partial charge >= 0.3 is 0 Å². The minimum absolute atomic E-state index is 0.253. The Morgan fingerprint density at radius 2 is 2.05 bits per heavy atom. The first-order valence-electron chi connectivity index (χ1n) is 6.30. The summed E-state index contributed by atoms with van der Waals surface area (Å²) >= 11 is 0. The van der Waals surface area contributed by atoms with E-state index in [9.17, 15) is 9.59 Å². The van der Waals surface area contributed by atoms with E-state index in [2.05, 4.69) is 16.8 Å². The second-order valence-corrected chi connectivity index (χ2v) is 4.57. The molecule has 0 saturated carbocycles. The van der Waals surface area contributed by atoms with Gasteiger partial charge in [-0.05, 0) is 25.0 Å². The van der Waals surface area contributed by atoms with Crippen molar-refractivity contribution in [3.05, 3.63) is 23.9 Å². The predicted octanol–water partition coefficient (Wildman–Crippen LogP) is -0.154. The number of aromatic nitrogens is 1. The Morgan fingerprint density at radius 1 is 1.35 bits per heavy atom. The molecular formula is C14H12N2O4. The maximum absolute atomic E-state index is 12.2. The number of rotatable bonds is 1. The second-order valence-electron chi connectivity index (χ2n) is 4.57. The van der Waals surface area contributed by atoms with E-state index in [1.165, 1.54) is 6.20 Å². The molecule has 102 valence electrons. The molecule has 0 aromatic carbocycles. The average Bonchev–Trinajstić information content (AvgIpc) is 2.91. The molecule has 6 heteroatoms. The van der Waals surface area contributed by atoms with E-state index >= 15 is 0 Å². The number of aliphatic hydroxyl groups excluding tert-OH is 1. The van der Waals surface area contributed by atoms with Gasteiger partial charge in [0.05, 0.1) is 0 Å². The van der Waals surface area contributed by atoms with Crippen molar-refractivity contribution >= 4 is 17.6 Å². The molecule has 2 aliphatic rings. The molecule has 1 N–H and O–H groups in total. The highest BCUT2D eigenvalue weighted by atomic mass is 16.5. The largest absolute Gasteiger partial charge is 0.384 e. The summed E-state index contributed by atoms with van der Waals surface area (Å²) in [6.45, 7) is -0.253. The monoisotopic (exact) mass is 272 g/mol. The number of anilines is 1. The van der Waals surface area contributed by atoms with E-state index in [1.54, 1.807) is 12.1 Å². The first-order chi connectivity index (χ1) is 9.70. The van der Waals surface area contributed by atoms with Gasteiger partial charge in [-0.25, -0.2) is 9.88 Å². The summed E-state index contributed by atoms with van der Waals surface area (Å²) in [7, 11) is 0. The third kappa shape index (κ3) is 2.07. The summed E-state index contributed by atoms with van der Waals surface area (Å²) in [6, 6.07) is 3.21. The molecule has 1 aromatic rings. The molecule has 0 radical (unpaired) electrons. The van der Waals surface area contributed by atoms with Crippen LogP contribution in [0.2, 0.25) is 0 Å². The molecular weight excluding hydrogens is 260 g/mol. The lowest BCUT2D eigenvalue weighted by Gasteiger charge is -2.29. The summed E-state index contributed by atoms with van der Waals surface area (Å²) in [5.41, 5.74) is 0.587. The van der Waals surface area contributed by atoms with Gasteiger partial charge in [0.2, 0.25) is 0 Å². The molecule has 3 rings (SSSR count). The molecule has 2 aliphatic heterocycles. The standard InChI is InChI=1S/C14H12N2O4/c17-7-1-2-9-5-6-15-12(8-9)16-13(18)10-3-4-11(20-10)14(16)19/h5-6,8,10-11,17H,3-4,7H2. The number of aliphatic hydroxyl groups is 1. The van der Waals surface area contributed by atoms with Gasteiger partial charge in [-0.3, -0.25) is 9.59 Å². The van der Waals surface area contributed by atoms with Gasteiger partial charge in [0.1, 0.15) is 24.6 Å². The normalized spacial score (nSPS) is 24.6. The van der Waals surface area contributed by atoms with Gasteiger partial charge in [-0.15, -0.1) is 0 Å². The zero-order chi connectivity index (χ0) is 14.1. The summed E-state index contributed by atoms with van der Waals surface area (Å²) in [5.74, 6) is 4.74. The Kier molecular flexibility index (Phi) is 3.22. The molecule has 2 saturated heterocycles. The number of hydrogen-bond donors (Lipinski definition) is 1. The van der Waals surface area contributed by atoms with Crippen LogP contribution in [-0.2, 0) is 14.3 Å². The summed E-state index contributed by atoms with van der Waals surface area (Å²) in [5, 5.41) is 8.68. The van der Waals surface area contributed by atoms with Crippen molar-refractivity contribution in [3.8, 4) is 11.8 Å². The number of nitrogens with zero attached hydrogens (tertiary/aromatic N) is 2. The van der Waals surface area contributed by atoms with Crippen molar-refractivity contribution in [2.75, 3.05) is 11.5 Å². The van der Waals surface area contributed by atoms with Crippen molar-refractivity contribution in [2.24, 2.45) is 0 Å². The van der Waals surface area contributed by atoms with Crippen LogP contribution in [0.5, 0.6) is 0 Å². The Balaban J connectivity index is 1.95. The van der Waals surface area contributed by atoms with Crippen molar-refractivity contribution in [1.29, 1.82) is 0 Å². The van der Waals surface area contributed by atoms with Crippen molar-refractivity contribution in [1.82, 2.24) is 4.98 Å². The molecule has 1 aromatic heterocycles. The maximum Gasteiger partial charge on any atom is 0.264 e. The fraction of sp³-hybridized carbons (Fsp3) is 0.357. The van der Waals surface area contributed by atoms with Crippen LogP contribution >= 0.6 is 0 Å². The Bertz CT molecular complexity index is 610. The second kappa shape index (κ2) is 5.04. The fourth-order valence-electron chi connectivity index (χ4n) is 2.38. The fourth-order valence-corrected chi connectivity index (χ4v) is 2.38. The van der Waals surface area contributed by atoms with Gasteiger partial charge in [0, 0.05) is 11.8 Å². The minimum Gasteiger partial charge on any atom is -0.384 e. The predicted molar refractivity (Wildman–Crippen MR) is 68.6 cm³/mol. The Hall–Kier alpha value is -2.23. The number of imide groups is 1. The van der Waals surface area contributed by atoms with E-state index in [-0.39, 0.29) is 24.2 Å². The van der Waals surface area contributed by atoms with E-state index in [0.29, 0.717) is 18.4 Å². The number of pyridine rings is 1. The van der Waals surface area contributed by atoms with Crippen LogP contribution < -0.4 is 4.90 Å². The quantitative estimate of drug-likeness (QED) is 0.568. The molecule has 2 bridgehead atoms. The number of hydrogen-bond acceptors (Lipinski definition) is 5. The molecule has 0 spiro atoms. The van der Waals surface area contributed by atoms with E-state index in [1.807, 2.05) is 0 Å². The number of amides is 2. The van der Waals surface area contributed by atoms with Gasteiger partial charge in [-0.2, -0.15) is 0 Å². The Morgan fingerprint density at radius 3 is 2.70 bits per heavy atom. The van der Waals surface area contributed by atoms with Crippen LogP contribution in [0, 0.1) is 11.8 Å². The number of morpholine rings is 1. The zero-order valence-electron chi connectivity index (χ0n) is 10.6. The molecule has 6 nitrogen and oxygen atoms in total. The van der Waals surface area contributed by atoms with Crippen LogP contribution in [0.15, 0.2) is 18.3 Å². The van der Waals surface area contributed by atoms with Gasteiger partial charge < -0.3 is 9.84 Å². The number of ether oxygens (including phenoxy) is 1. The molecule has 2 amide bonds. The zero-order valence-corrected chi connectivity index (χ0v) is 10.6. The molecule has 0 aliphatic carbocycles. The van der Waals surface area contributed by atoms with Gasteiger partial charge in [0.25, 0.3) is 11.8 Å². The van der Waals surface area contributed by atoms with E-state index in [0.717, 1.165) is 4.90 Å². The highest BCUT2D eigenvalue weighted by Crippen LogP contribution is 2.30. The van der Waals surface area contributed by atoms with Crippen molar-refractivity contribution in [2.45, 2.75) is 25.0 Å².